The van der Waals surface area contributed by atoms with Crippen LogP contribution < -0.4 is 14.4 Å². The van der Waals surface area contributed by atoms with Crippen LogP contribution in [-0.2, 0) is 26.2 Å². The van der Waals surface area contributed by atoms with E-state index in [2.05, 4.69) is 21.2 Å². The van der Waals surface area contributed by atoms with E-state index in [0.29, 0.717) is 28.9 Å². The highest BCUT2D eigenvalue weighted by atomic mass is 79.9. The number of hydrogen-bond donors (Lipinski definition) is 1. The Morgan fingerprint density at radius 3 is 2.41 bits per heavy atom. The third-order valence-electron chi connectivity index (χ3n) is 5.20. The zero-order chi connectivity index (χ0) is 25.3. The summed E-state index contributed by atoms with van der Waals surface area (Å²) >= 11 is 3.35. The molecule has 0 aliphatic carbocycles. The number of rotatable bonds is 12. The molecular formula is C24H32BrN3O5S. The van der Waals surface area contributed by atoms with Crippen molar-refractivity contribution in [1.82, 2.24) is 10.2 Å². The third-order valence-corrected chi connectivity index (χ3v) is 6.83. The Morgan fingerprint density at radius 2 is 1.82 bits per heavy atom. The summed E-state index contributed by atoms with van der Waals surface area (Å²) in [6, 6.07) is 13.2. The zero-order valence-electron chi connectivity index (χ0n) is 20.0. The van der Waals surface area contributed by atoms with Gasteiger partial charge in [0.1, 0.15) is 18.3 Å². The smallest absolute Gasteiger partial charge is 0.244 e. The van der Waals surface area contributed by atoms with Crippen molar-refractivity contribution in [2.24, 2.45) is 0 Å². The minimum atomic E-state index is -3.77. The van der Waals surface area contributed by atoms with Crippen LogP contribution in [0.2, 0.25) is 0 Å². The fourth-order valence-electron chi connectivity index (χ4n) is 3.50. The average Bonchev–Trinajstić information content (AvgIpc) is 2.80. The van der Waals surface area contributed by atoms with Gasteiger partial charge in [0, 0.05) is 17.6 Å². The maximum atomic E-state index is 13.6. The highest BCUT2D eigenvalue weighted by molar-refractivity contribution is 9.10. The van der Waals surface area contributed by atoms with E-state index in [-0.39, 0.29) is 12.5 Å². The molecule has 34 heavy (non-hydrogen) atoms. The molecule has 0 radical (unpaired) electrons. The average molecular weight is 555 g/mol. The van der Waals surface area contributed by atoms with Crippen LogP contribution in [0.1, 0.15) is 32.3 Å². The molecule has 0 aliphatic heterocycles. The number of amides is 2. The molecule has 10 heteroatoms. The van der Waals surface area contributed by atoms with Gasteiger partial charge in [0.2, 0.25) is 21.8 Å². The van der Waals surface area contributed by atoms with Gasteiger partial charge in [-0.05, 0) is 48.7 Å². The molecule has 0 bridgehead atoms. The second kappa shape index (κ2) is 12.8. The van der Waals surface area contributed by atoms with Crippen molar-refractivity contribution in [1.29, 1.82) is 0 Å². The molecule has 2 aromatic rings. The Bertz CT molecular complexity index is 1090. The summed E-state index contributed by atoms with van der Waals surface area (Å²) < 4.78 is 32.2. The lowest BCUT2D eigenvalue weighted by molar-refractivity contribution is -0.140. The molecule has 2 amide bonds. The van der Waals surface area contributed by atoms with Crippen molar-refractivity contribution in [3.8, 4) is 5.75 Å². The third kappa shape index (κ3) is 7.73. The highest BCUT2D eigenvalue weighted by Crippen LogP contribution is 2.23. The largest absolute Gasteiger partial charge is 0.497 e. The lowest BCUT2D eigenvalue weighted by atomic mass is 10.1. The lowest BCUT2D eigenvalue weighted by Crippen LogP contribution is -2.52. The van der Waals surface area contributed by atoms with Gasteiger partial charge in [0.25, 0.3) is 0 Å². The van der Waals surface area contributed by atoms with Gasteiger partial charge >= 0.3 is 0 Å². The number of nitrogens with zero attached hydrogens (tertiary/aromatic N) is 2. The van der Waals surface area contributed by atoms with Gasteiger partial charge in [-0.3, -0.25) is 13.9 Å². The monoisotopic (exact) mass is 553 g/mol. The molecule has 0 unspecified atom stereocenters. The van der Waals surface area contributed by atoms with Crippen LogP contribution in [0.3, 0.4) is 0 Å². The number of nitrogens with one attached hydrogen (secondary N) is 1. The van der Waals surface area contributed by atoms with E-state index in [1.165, 1.54) is 4.90 Å². The first-order valence-electron chi connectivity index (χ1n) is 11.0. The Kier molecular flexibility index (Phi) is 10.4. The van der Waals surface area contributed by atoms with Crippen LogP contribution in [0.4, 0.5) is 5.69 Å². The number of ether oxygens (including phenoxy) is 1. The fraction of sp³-hybridized carbons (Fsp3) is 0.417. The number of carbonyl (C=O) groups excluding carboxylic acids is 2. The van der Waals surface area contributed by atoms with E-state index < -0.39 is 28.5 Å². The van der Waals surface area contributed by atoms with Crippen LogP contribution in [0.25, 0.3) is 0 Å². The fourth-order valence-corrected chi connectivity index (χ4v) is 4.73. The van der Waals surface area contributed by atoms with Crippen molar-refractivity contribution in [3.05, 3.63) is 58.6 Å². The number of carbonyl (C=O) groups is 2. The van der Waals surface area contributed by atoms with E-state index in [9.17, 15) is 18.0 Å². The summed E-state index contributed by atoms with van der Waals surface area (Å²) in [5.41, 5.74) is 1.12. The van der Waals surface area contributed by atoms with Crippen LogP contribution in [-0.4, -0.2) is 57.6 Å². The predicted octanol–water partition coefficient (Wildman–Crippen LogP) is 3.56. The summed E-state index contributed by atoms with van der Waals surface area (Å²) in [7, 11) is -2.22. The zero-order valence-corrected chi connectivity index (χ0v) is 22.4. The van der Waals surface area contributed by atoms with E-state index in [1.807, 2.05) is 19.9 Å². The van der Waals surface area contributed by atoms with Gasteiger partial charge in [-0.15, -0.1) is 0 Å². The molecule has 0 spiro atoms. The van der Waals surface area contributed by atoms with Gasteiger partial charge in [0.15, 0.2) is 0 Å². The number of benzene rings is 2. The molecule has 1 N–H and O–H groups in total. The van der Waals surface area contributed by atoms with Crippen molar-refractivity contribution in [3.63, 3.8) is 0 Å². The summed E-state index contributed by atoms with van der Waals surface area (Å²) in [5.74, 6) is -0.124. The number of methoxy groups -OCH3 is 1. The van der Waals surface area contributed by atoms with Crippen molar-refractivity contribution in [2.45, 2.75) is 39.3 Å². The van der Waals surface area contributed by atoms with E-state index >= 15 is 0 Å². The van der Waals surface area contributed by atoms with Crippen molar-refractivity contribution < 1.29 is 22.7 Å². The molecule has 0 saturated heterocycles. The first-order valence-corrected chi connectivity index (χ1v) is 13.7. The molecule has 0 aromatic heterocycles. The van der Waals surface area contributed by atoms with Gasteiger partial charge in [-0.1, -0.05) is 48.0 Å². The Hall–Kier alpha value is -2.59. The van der Waals surface area contributed by atoms with Gasteiger partial charge in [-0.2, -0.15) is 0 Å². The minimum Gasteiger partial charge on any atom is -0.497 e. The molecule has 0 fully saturated rings. The van der Waals surface area contributed by atoms with E-state index in [0.717, 1.165) is 22.5 Å². The lowest BCUT2D eigenvalue weighted by Gasteiger charge is -2.33. The molecule has 2 rings (SSSR count). The van der Waals surface area contributed by atoms with Crippen LogP contribution in [0.15, 0.2) is 53.0 Å². The van der Waals surface area contributed by atoms with Gasteiger partial charge < -0.3 is 15.0 Å². The normalized spacial score (nSPS) is 12.0. The Labute approximate surface area is 210 Å². The summed E-state index contributed by atoms with van der Waals surface area (Å²) in [5, 5.41) is 2.85. The number of hydrogen-bond acceptors (Lipinski definition) is 5. The minimum absolute atomic E-state index is 0.129. The van der Waals surface area contributed by atoms with Crippen LogP contribution in [0.5, 0.6) is 5.75 Å². The van der Waals surface area contributed by atoms with E-state index in [1.54, 1.807) is 49.6 Å². The molecule has 0 aliphatic rings. The quantitative estimate of drug-likeness (QED) is 0.433. The number of halogens is 1. The SMILES string of the molecule is CCCNC(=O)[C@H](CC)N(Cc1cccc(OC)c1)C(=O)CN(c1cccc(Br)c1)S(C)(=O)=O. The van der Waals surface area contributed by atoms with Crippen molar-refractivity contribution >= 4 is 43.5 Å². The molecule has 1 atom stereocenters. The molecule has 2 aromatic carbocycles. The number of sulfonamides is 1. The molecule has 0 heterocycles. The maximum Gasteiger partial charge on any atom is 0.244 e. The second-order valence-corrected chi connectivity index (χ2v) is 10.7. The van der Waals surface area contributed by atoms with Crippen molar-refractivity contribution in [2.75, 3.05) is 30.8 Å². The van der Waals surface area contributed by atoms with Gasteiger partial charge in [0.05, 0.1) is 19.1 Å². The van der Waals surface area contributed by atoms with E-state index in [4.69, 9.17) is 4.74 Å². The molecule has 8 nitrogen and oxygen atoms in total. The first kappa shape index (κ1) is 27.7. The maximum absolute atomic E-state index is 13.6. The summed E-state index contributed by atoms with van der Waals surface area (Å²) in [6.07, 6.45) is 2.19. The Morgan fingerprint density at radius 1 is 1.12 bits per heavy atom. The molecule has 186 valence electrons. The standard InChI is InChI=1S/C24H32BrN3O5S/c1-5-13-26-24(30)22(6-2)27(16-18-9-7-12-21(14-18)33-3)23(29)17-28(34(4,31)32)20-11-8-10-19(25)15-20/h7-12,14-15,22H,5-6,13,16-17H2,1-4H3,(H,26,30)/t22-/m0/s1. The summed E-state index contributed by atoms with van der Waals surface area (Å²) in [4.78, 5) is 28.0. The summed E-state index contributed by atoms with van der Waals surface area (Å²) in [6.45, 7) is 3.96. The Balaban J connectivity index is 2.43. The predicted molar refractivity (Wildman–Crippen MR) is 137 cm³/mol. The van der Waals surface area contributed by atoms with Crippen LogP contribution >= 0.6 is 15.9 Å². The first-order chi connectivity index (χ1) is 16.1. The number of anilines is 1. The topological polar surface area (TPSA) is 96.0 Å². The van der Waals surface area contributed by atoms with Crippen LogP contribution in [0, 0.1) is 0 Å². The molecular weight excluding hydrogens is 522 g/mol. The second-order valence-electron chi connectivity index (χ2n) is 7.84. The molecule has 0 saturated carbocycles. The highest BCUT2D eigenvalue weighted by Gasteiger charge is 2.31. The van der Waals surface area contributed by atoms with Gasteiger partial charge in [-0.25, -0.2) is 8.42 Å².